The van der Waals surface area contributed by atoms with Gasteiger partial charge in [-0.2, -0.15) is 0 Å². The lowest BCUT2D eigenvalue weighted by molar-refractivity contribution is -0.274. The fourth-order valence-electron chi connectivity index (χ4n) is 4.38. The van der Waals surface area contributed by atoms with E-state index < -0.39 is 6.36 Å². The molecule has 3 rings (SSSR count). The summed E-state index contributed by atoms with van der Waals surface area (Å²) in [5, 5.41) is 0. The molecule has 1 heterocycles. The maximum Gasteiger partial charge on any atom is 0.573 e. The molecule has 1 saturated heterocycles. The van der Waals surface area contributed by atoms with E-state index in [1.54, 1.807) is 12.1 Å². The maximum atomic E-state index is 12.2. The third-order valence-corrected chi connectivity index (χ3v) is 5.63. The molecule has 0 bridgehead atoms. The smallest absolute Gasteiger partial charge is 0.406 e. The molecule has 0 spiro atoms. The maximum absolute atomic E-state index is 12.2. The van der Waals surface area contributed by atoms with E-state index in [9.17, 15) is 13.2 Å². The molecule has 2 atom stereocenters. The highest BCUT2D eigenvalue weighted by Gasteiger charge is 2.34. The number of hydrogen-bond acceptors (Lipinski definition) is 2. The minimum Gasteiger partial charge on any atom is -0.406 e. The van der Waals surface area contributed by atoms with Crippen LogP contribution < -0.4 is 4.74 Å². The SMILES string of the molecule is CCCC1CCC(C2CCC(c3ccc(OC(F)(F)F)cc3)CC2)O1. The fourth-order valence-corrected chi connectivity index (χ4v) is 4.38. The van der Waals surface area contributed by atoms with Crippen molar-refractivity contribution in [2.24, 2.45) is 5.92 Å². The zero-order valence-corrected chi connectivity index (χ0v) is 14.7. The van der Waals surface area contributed by atoms with Crippen LogP contribution in [0.4, 0.5) is 13.2 Å². The van der Waals surface area contributed by atoms with Crippen molar-refractivity contribution in [3.63, 3.8) is 0 Å². The van der Waals surface area contributed by atoms with Crippen LogP contribution in [0.15, 0.2) is 24.3 Å². The van der Waals surface area contributed by atoms with E-state index in [0.29, 0.717) is 24.0 Å². The average molecular weight is 356 g/mol. The molecule has 1 aromatic rings. The van der Waals surface area contributed by atoms with Crippen LogP contribution >= 0.6 is 0 Å². The third-order valence-electron chi connectivity index (χ3n) is 5.63. The highest BCUT2D eigenvalue weighted by Crippen LogP contribution is 2.41. The summed E-state index contributed by atoms with van der Waals surface area (Å²) in [6.07, 6.45) is 5.43. The molecule has 2 aliphatic rings. The van der Waals surface area contributed by atoms with Gasteiger partial charge in [0.2, 0.25) is 0 Å². The van der Waals surface area contributed by atoms with Crippen LogP contribution in [0.5, 0.6) is 5.75 Å². The summed E-state index contributed by atoms with van der Waals surface area (Å²) in [5.74, 6) is 0.932. The van der Waals surface area contributed by atoms with E-state index in [-0.39, 0.29) is 5.75 Å². The predicted molar refractivity (Wildman–Crippen MR) is 90.6 cm³/mol. The van der Waals surface area contributed by atoms with E-state index in [0.717, 1.165) is 37.7 Å². The van der Waals surface area contributed by atoms with Crippen LogP contribution in [0.1, 0.15) is 69.8 Å². The normalized spacial score (nSPS) is 30.4. The van der Waals surface area contributed by atoms with Crippen LogP contribution in [-0.4, -0.2) is 18.6 Å². The number of halogens is 3. The monoisotopic (exact) mass is 356 g/mol. The van der Waals surface area contributed by atoms with Gasteiger partial charge in [0.15, 0.2) is 0 Å². The van der Waals surface area contributed by atoms with Crippen LogP contribution in [-0.2, 0) is 4.74 Å². The van der Waals surface area contributed by atoms with Crippen LogP contribution in [0.3, 0.4) is 0 Å². The highest BCUT2D eigenvalue weighted by atomic mass is 19.4. The van der Waals surface area contributed by atoms with E-state index in [1.165, 1.54) is 31.4 Å². The van der Waals surface area contributed by atoms with Gasteiger partial charge in [-0.15, -0.1) is 13.2 Å². The van der Waals surface area contributed by atoms with Crippen molar-refractivity contribution >= 4 is 0 Å². The Bertz CT molecular complexity index is 533. The summed E-state index contributed by atoms with van der Waals surface area (Å²) in [4.78, 5) is 0. The number of ether oxygens (including phenoxy) is 2. The van der Waals surface area contributed by atoms with Gasteiger partial charge in [0.05, 0.1) is 12.2 Å². The molecular weight excluding hydrogens is 329 g/mol. The fraction of sp³-hybridized carbons (Fsp3) is 0.700. The molecule has 0 N–H and O–H groups in total. The zero-order valence-electron chi connectivity index (χ0n) is 14.7. The average Bonchev–Trinajstić information content (AvgIpc) is 3.03. The van der Waals surface area contributed by atoms with Crippen molar-refractivity contribution in [1.29, 1.82) is 0 Å². The Labute approximate surface area is 147 Å². The van der Waals surface area contributed by atoms with Crippen LogP contribution in [0.25, 0.3) is 0 Å². The molecule has 2 unspecified atom stereocenters. The standard InChI is InChI=1S/C20H27F3O2/c1-2-3-17-12-13-19(24-17)16-6-4-14(5-7-16)15-8-10-18(11-9-15)25-20(21,22)23/h8-11,14,16-17,19H,2-7,12-13H2,1H3. The van der Waals surface area contributed by atoms with Gasteiger partial charge in [-0.1, -0.05) is 25.5 Å². The lowest BCUT2D eigenvalue weighted by Gasteiger charge is -2.32. The van der Waals surface area contributed by atoms with Gasteiger partial charge >= 0.3 is 6.36 Å². The summed E-state index contributed by atoms with van der Waals surface area (Å²) < 4.78 is 46.9. The molecule has 0 radical (unpaired) electrons. The second-order valence-corrected chi connectivity index (χ2v) is 7.39. The van der Waals surface area contributed by atoms with Crippen molar-refractivity contribution in [2.45, 2.75) is 82.8 Å². The molecular formula is C20H27F3O2. The van der Waals surface area contributed by atoms with Crippen molar-refractivity contribution in [1.82, 2.24) is 0 Å². The summed E-state index contributed by atoms with van der Waals surface area (Å²) >= 11 is 0. The molecule has 1 aliphatic heterocycles. The van der Waals surface area contributed by atoms with Gasteiger partial charge in [0, 0.05) is 0 Å². The second kappa shape index (κ2) is 7.98. The topological polar surface area (TPSA) is 18.5 Å². The molecule has 140 valence electrons. The summed E-state index contributed by atoms with van der Waals surface area (Å²) in [7, 11) is 0. The van der Waals surface area contributed by atoms with Crippen LogP contribution in [0, 0.1) is 5.92 Å². The van der Waals surface area contributed by atoms with Crippen molar-refractivity contribution in [2.75, 3.05) is 0 Å². The van der Waals surface area contributed by atoms with Gasteiger partial charge < -0.3 is 9.47 Å². The molecule has 25 heavy (non-hydrogen) atoms. The van der Waals surface area contributed by atoms with Gasteiger partial charge in [0.25, 0.3) is 0 Å². The highest BCUT2D eigenvalue weighted by molar-refractivity contribution is 5.29. The van der Waals surface area contributed by atoms with E-state index in [2.05, 4.69) is 11.7 Å². The Kier molecular flexibility index (Phi) is 5.92. The number of alkyl halides is 3. The minimum atomic E-state index is -4.63. The van der Waals surface area contributed by atoms with Crippen molar-refractivity contribution < 1.29 is 22.6 Å². The molecule has 1 saturated carbocycles. The molecule has 2 fully saturated rings. The molecule has 0 aromatic heterocycles. The summed E-state index contributed by atoms with van der Waals surface area (Å²) in [6.45, 7) is 2.20. The lowest BCUT2D eigenvalue weighted by Crippen LogP contribution is -2.25. The lowest BCUT2D eigenvalue weighted by atomic mass is 9.76. The first-order valence-electron chi connectivity index (χ1n) is 9.45. The Balaban J connectivity index is 1.49. The first kappa shape index (κ1) is 18.6. The summed E-state index contributed by atoms with van der Waals surface area (Å²) in [5.41, 5.74) is 1.11. The van der Waals surface area contributed by atoms with Gasteiger partial charge in [-0.05, 0) is 74.5 Å². The largest absolute Gasteiger partial charge is 0.573 e. The molecule has 1 aliphatic carbocycles. The number of rotatable bonds is 5. The van der Waals surface area contributed by atoms with E-state index in [1.807, 2.05) is 0 Å². The van der Waals surface area contributed by atoms with Crippen molar-refractivity contribution in [3.8, 4) is 5.75 Å². The number of hydrogen-bond donors (Lipinski definition) is 0. The van der Waals surface area contributed by atoms with E-state index >= 15 is 0 Å². The Morgan fingerprint density at radius 3 is 2.28 bits per heavy atom. The molecule has 2 nitrogen and oxygen atoms in total. The Hall–Kier alpha value is -1.23. The zero-order chi connectivity index (χ0) is 17.9. The van der Waals surface area contributed by atoms with Gasteiger partial charge in [-0.25, -0.2) is 0 Å². The van der Waals surface area contributed by atoms with E-state index in [4.69, 9.17) is 4.74 Å². The third kappa shape index (κ3) is 5.13. The second-order valence-electron chi connectivity index (χ2n) is 7.39. The summed E-state index contributed by atoms with van der Waals surface area (Å²) in [6, 6.07) is 6.39. The van der Waals surface area contributed by atoms with Crippen molar-refractivity contribution in [3.05, 3.63) is 29.8 Å². The Morgan fingerprint density at radius 1 is 1.00 bits per heavy atom. The molecule has 5 heteroatoms. The molecule has 0 amide bonds. The molecule has 1 aromatic carbocycles. The first-order chi connectivity index (χ1) is 11.9. The first-order valence-corrected chi connectivity index (χ1v) is 9.45. The number of benzene rings is 1. The Morgan fingerprint density at radius 2 is 1.68 bits per heavy atom. The minimum absolute atomic E-state index is 0.147. The van der Waals surface area contributed by atoms with Gasteiger partial charge in [0.1, 0.15) is 5.75 Å². The van der Waals surface area contributed by atoms with Gasteiger partial charge in [-0.3, -0.25) is 0 Å². The predicted octanol–water partition coefficient (Wildman–Crippen LogP) is 6.21. The van der Waals surface area contributed by atoms with Crippen LogP contribution in [0.2, 0.25) is 0 Å². The quantitative estimate of drug-likeness (QED) is 0.625.